The summed E-state index contributed by atoms with van der Waals surface area (Å²) in [6.45, 7) is 4.26. The zero-order chi connectivity index (χ0) is 10.8. The van der Waals surface area contributed by atoms with E-state index < -0.39 is 0 Å². The van der Waals surface area contributed by atoms with Crippen molar-refractivity contribution in [3.05, 3.63) is 0 Å². The SMILES string of the molecule is COCCCNC(=S)NC(C)COC. The van der Waals surface area contributed by atoms with Crippen molar-refractivity contribution in [1.82, 2.24) is 10.6 Å². The first-order valence-corrected chi connectivity index (χ1v) is 5.13. The van der Waals surface area contributed by atoms with E-state index in [-0.39, 0.29) is 6.04 Å². The quantitative estimate of drug-likeness (QED) is 0.484. The van der Waals surface area contributed by atoms with Gasteiger partial charge in [-0.3, -0.25) is 0 Å². The summed E-state index contributed by atoms with van der Waals surface area (Å²) < 4.78 is 9.90. The lowest BCUT2D eigenvalue weighted by atomic mass is 10.4. The van der Waals surface area contributed by atoms with E-state index >= 15 is 0 Å². The van der Waals surface area contributed by atoms with Gasteiger partial charge in [0.05, 0.1) is 6.61 Å². The van der Waals surface area contributed by atoms with Gasteiger partial charge < -0.3 is 20.1 Å². The van der Waals surface area contributed by atoms with E-state index in [4.69, 9.17) is 21.7 Å². The summed E-state index contributed by atoms with van der Waals surface area (Å²) in [7, 11) is 3.37. The van der Waals surface area contributed by atoms with E-state index in [2.05, 4.69) is 10.6 Å². The van der Waals surface area contributed by atoms with Crippen molar-refractivity contribution in [1.29, 1.82) is 0 Å². The number of nitrogens with one attached hydrogen (secondary N) is 2. The molecule has 1 atom stereocenters. The molecule has 2 N–H and O–H groups in total. The van der Waals surface area contributed by atoms with Crippen molar-refractivity contribution in [2.45, 2.75) is 19.4 Å². The fraction of sp³-hybridized carbons (Fsp3) is 0.889. The van der Waals surface area contributed by atoms with Crippen molar-refractivity contribution >= 4 is 17.3 Å². The minimum Gasteiger partial charge on any atom is -0.385 e. The van der Waals surface area contributed by atoms with E-state index in [1.54, 1.807) is 14.2 Å². The third-order valence-corrected chi connectivity index (χ3v) is 1.87. The molecule has 0 aromatic heterocycles. The minimum absolute atomic E-state index is 0.238. The molecule has 0 aliphatic carbocycles. The normalized spacial score (nSPS) is 12.2. The van der Waals surface area contributed by atoms with Crippen LogP contribution in [-0.4, -0.2) is 45.1 Å². The van der Waals surface area contributed by atoms with Crippen molar-refractivity contribution in [2.75, 3.05) is 34.0 Å². The summed E-state index contributed by atoms with van der Waals surface area (Å²) in [6.07, 6.45) is 0.955. The van der Waals surface area contributed by atoms with Crippen molar-refractivity contribution in [3.63, 3.8) is 0 Å². The molecule has 0 spiro atoms. The molecule has 0 rings (SSSR count). The van der Waals surface area contributed by atoms with E-state index in [0.717, 1.165) is 19.6 Å². The first-order valence-electron chi connectivity index (χ1n) is 4.73. The standard InChI is InChI=1S/C9H20N2O2S/c1-8(7-13-3)11-9(14)10-5-4-6-12-2/h8H,4-7H2,1-3H3,(H2,10,11,14). The maximum absolute atomic E-state index is 5.08. The molecule has 14 heavy (non-hydrogen) atoms. The average Bonchev–Trinajstić information content (AvgIpc) is 2.13. The Balaban J connectivity index is 3.35. The molecular weight excluding hydrogens is 200 g/mol. The Kier molecular flexibility index (Phi) is 8.92. The van der Waals surface area contributed by atoms with Crippen molar-refractivity contribution < 1.29 is 9.47 Å². The van der Waals surface area contributed by atoms with Crippen LogP contribution in [0.2, 0.25) is 0 Å². The topological polar surface area (TPSA) is 42.5 Å². The Hall–Kier alpha value is -0.390. The van der Waals surface area contributed by atoms with Crippen LogP contribution in [0.25, 0.3) is 0 Å². The molecule has 0 saturated carbocycles. The Morgan fingerprint density at radius 2 is 2.07 bits per heavy atom. The van der Waals surface area contributed by atoms with Gasteiger partial charge in [-0.2, -0.15) is 0 Å². The van der Waals surface area contributed by atoms with E-state index in [0.29, 0.717) is 11.7 Å². The van der Waals surface area contributed by atoms with Gasteiger partial charge in [0, 0.05) is 33.4 Å². The predicted octanol–water partition coefficient (Wildman–Crippen LogP) is 0.522. The fourth-order valence-corrected chi connectivity index (χ4v) is 1.29. The van der Waals surface area contributed by atoms with Gasteiger partial charge in [-0.05, 0) is 25.6 Å². The average molecular weight is 220 g/mol. The number of hydrogen-bond donors (Lipinski definition) is 2. The highest BCUT2D eigenvalue weighted by molar-refractivity contribution is 7.80. The van der Waals surface area contributed by atoms with Gasteiger partial charge in [-0.15, -0.1) is 0 Å². The van der Waals surface area contributed by atoms with Gasteiger partial charge in [0.1, 0.15) is 0 Å². The molecule has 0 aromatic rings. The van der Waals surface area contributed by atoms with Gasteiger partial charge in [0.25, 0.3) is 0 Å². The second-order valence-electron chi connectivity index (χ2n) is 3.10. The molecule has 0 heterocycles. The highest BCUT2D eigenvalue weighted by atomic mass is 32.1. The summed E-state index contributed by atoms with van der Waals surface area (Å²) >= 11 is 5.08. The Morgan fingerprint density at radius 1 is 1.36 bits per heavy atom. The molecule has 0 amide bonds. The first-order chi connectivity index (χ1) is 6.70. The third-order valence-electron chi connectivity index (χ3n) is 1.60. The van der Waals surface area contributed by atoms with Crippen LogP contribution in [0.5, 0.6) is 0 Å². The third kappa shape index (κ3) is 8.22. The summed E-state index contributed by atoms with van der Waals surface area (Å²) in [4.78, 5) is 0. The summed E-state index contributed by atoms with van der Waals surface area (Å²) in [6, 6.07) is 0.238. The summed E-state index contributed by atoms with van der Waals surface area (Å²) in [5, 5.41) is 6.88. The summed E-state index contributed by atoms with van der Waals surface area (Å²) in [5.41, 5.74) is 0. The van der Waals surface area contributed by atoms with Crippen molar-refractivity contribution in [2.24, 2.45) is 0 Å². The smallest absolute Gasteiger partial charge is 0.166 e. The summed E-state index contributed by atoms with van der Waals surface area (Å²) in [5.74, 6) is 0. The van der Waals surface area contributed by atoms with E-state index in [1.807, 2.05) is 6.92 Å². The van der Waals surface area contributed by atoms with Crippen LogP contribution in [0.4, 0.5) is 0 Å². The first kappa shape index (κ1) is 13.6. The number of methoxy groups -OCH3 is 2. The number of thiocarbonyl (C=S) groups is 1. The number of hydrogen-bond acceptors (Lipinski definition) is 3. The molecule has 0 fully saturated rings. The van der Waals surface area contributed by atoms with Crippen LogP contribution in [0.1, 0.15) is 13.3 Å². The maximum Gasteiger partial charge on any atom is 0.166 e. The molecule has 0 saturated heterocycles. The van der Waals surface area contributed by atoms with Crippen molar-refractivity contribution in [3.8, 4) is 0 Å². The van der Waals surface area contributed by atoms with E-state index in [9.17, 15) is 0 Å². The Bertz CT molecular complexity index is 156. The number of ether oxygens (including phenoxy) is 2. The Labute approximate surface area is 91.3 Å². The molecule has 0 aliphatic heterocycles. The van der Waals surface area contributed by atoms with Gasteiger partial charge in [-0.25, -0.2) is 0 Å². The molecule has 4 nitrogen and oxygen atoms in total. The lowest BCUT2D eigenvalue weighted by molar-refractivity contribution is 0.179. The van der Waals surface area contributed by atoms with Crippen LogP contribution >= 0.6 is 12.2 Å². The van der Waals surface area contributed by atoms with Gasteiger partial charge in [0.15, 0.2) is 5.11 Å². The van der Waals surface area contributed by atoms with Gasteiger partial charge >= 0.3 is 0 Å². The zero-order valence-corrected chi connectivity index (χ0v) is 9.95. The van der Waals surface area contributed by atoms with Gasteiger partial charge in [0.2, 0.25) is 0 Å². The maximum atomic E-state index is 5.08. The minimum atomic E-state index is 0.238. The van der Waals surface area contributed by atoms with Crippen LogP contribution in [0.3, 0.4) is 0 Å². The van der Waals surface area contributed by atoms with Crippen LogP contribution in [-0.2, 0) is 9.47 Å². The molecule has 0 aromatic carbocycles. The second kappa shape index (κ2) is 9.18. The van der Waals surface area contributed by atoms with Crippen LogP contribution in [0, 0.1) is 0 Å². The van der Waals surface area contributed by atoms with Gasteiger partial charge in [-0.1, -0.05) is 0 Å². The molecule has 5 heteroatoms. The number of rotatable bonds is 7. The second-order valence-corrected chi connectivity index (χ2v) is 3.51. The molecule has 84 valence electrons. The Morgan fingerprint density at radius 3 is 2.64 bits per heavy atom. The fourth-order valence-electron chi connectivity index (χ4n) is 0.985. The zero-order valence-electron chi connectivity index (χ0n) is 9.13. The molecule has 0 radical (unpaired) electrons. The highest BCUT2D eigenvalue weighted by Gasteiger charge is 2.01. The van der Waals surface area contributed by atoms with Crippen LogP contribution in [0.15, 0.2) is 0 Å². The lowest BCUT2D eigenvalue weighted by Crippen LogP contribution is -2.42. The predicted molar refractivity (Wildman–Crippen MR) is 61.6 cm³/mol. The monoisotopic (exact) mass is 220 g/mol. The van der Waals surface area contributed by atoms with Crippen LogP contribution < -0.4 is 10.6 Å². The molecule has 0 bridgehead atoms. The molecule has 0 aliphatic rings. The highest BCUT2D eigenvalue weighted by Crippen LogP contribution is 1.83. The lowest BCUT2D eigenvalue weighted by Gasteiger charge is -2.15. The van der Waals surface area contributed by atoms with E-state index in [1.165, 1.54) is 0 Å². The molecular formula is C9H20N2O2S. The largest absolute Gasteiger partial charge is 0.385 e. The molecule has 1 unspecified atom stereocenters.